The highest BCUT2D eigenvalue weighted by Gasteiger charge is 2.14. The average molecular weight is 527 g/mol. The van der Waals surface area contributed by atoms with E-state index in [1.165, 1.54) is 18.5 Å². The predicted octanol–water partition coefficient (Wildman–Crippen LogP) is 5.63. The first kappa shape index (κ1) is 24.8. The highest BCUT2D eigenvalue weighted by Crippen LogP contribution is 2.32. The first-order chi connectivity index (χ1) is 18.4. The maximum Gasteiger partial charge on any atom is 0.253 e. The molecule has 0 radical (unpaired) electrons. The van der Waals surface area contributed by atoms with Gasteiger partial charge >= 0.3 is 0 Å². The van der Waals surface area contributed by atoms with Crippen LogP contribution in [0.3, 0.4) is 0 Å². The third-order valence-electron chi connectivity index (χ3n) is 5.90. The van der Waals surface area contributed by atoms with Crippen molar-refractivity contribution < 1.29 is 13.6 Å². The van der Waals surface area contributed by atoms with E-state index in [9.17, 15) is 18.8 Å². The van der Waals surface area contributed by atoms with Gasteiger partial charge in [-0.25, -0.2) is 18.7 Å². The Hall–Kier alpha value is -4.88. The van der Waals surface area contributed by atoms with Gasteiger partial charge in [0.05, 0.1) is 22.7 Å². The molecule has 10 heteroatoms. The summed E-state index contributed by atoms with van der Waals surface area (Å²) in [4.78, 5) is 23.3. The Kier molecular flexibility index (Phi) is 6.93. The second kappa shape index (κ2) is 10.6. The van der Waals surface area contributed by atoms with E-state index in [1.807, 2.05) is 36.4 Å². The topological polar surface area (TPSA) is 117 Å². The number of fused-ring (bicyclic) bond motifs is 1. The SMILES string of the molecule is N#Cc1ccc(NCc2ccc(-c3ccc4ncnc(N)c4c3)s2)c(C(=O)NCc2ccc(F)c(F)c2)c1. The fourth-order valence-electron chi connectivity index (χ4n) is 3.92. The van der Waals surface area contributed by atoms with E-state index >= 15 is 0 Å². The van der Waals surface area contributed by atoms with Crippen molar-refractivity contribution in [1.82, 2.24) is 15.3 Å². The molecule has 3 aromatic carbocycles. The molecule has 1 amide bonds. The third kappa shape index (κ3) is 5.28. The van der Waals surface area contributed by atoms with E-state index < -0.39 is 17.5 Å². The Morgan fingerprint density at radius 2 is 1.84 bits per heavy atom. The van der Waals surface area contributed by atoms with Gasteiger partial charge in [-0.05, 0) is 65.7 Å². The van der Waals surface area contributed by atoms with Crippen LogP contribution < -0.4 is 16.4 Å². The van der Waals surface area contributed by atoms with Crippen LogP contribution in [0.15, 0.2) is 73.1 Å². The van der Waals surface area contributed by atoms with Crippen LogP contribution in [0.5, 0.6) is 0 Å². The molecule has 0 aliphatic carbocycles. The van der Waals surface area contributed by atoms with E-state index in [1.54, 1.807) is 23.5 Å². The van der Waals surface area contributed by atoms with Crippen molar-refractivity contribution in [2.45, 2.75) is 13.1 Å². The van der Waals surface area contributed by atoms with Gasteiger partial charge < -0.3 is 16.4 Å². The van der Waals surface area contributed by atoms with Gasteiger partial charge in [0.25, 0.3) is 5.91 Å². The number of nitriles is 1. The number of nitrogens with two attached hydrogens (primary N) is 1. The minimum atomic E-state index is -0.985. The number of thiophene rings is 1. The molecule has 0 spiro atoms. The van der Waals surface area contributed by atoms with Gasteiger partial charge in [0, 0.05) is 33.9 Å². The van der Waals surface area contributed by atoms with Crippen molar-refractivity contribution in [3.05, 3.63) is 106 Å². The molecule has 0 saturated carbocycles. The lowest BCUT2D eigenvalue weighted by atomic mass is 10.1. The molecule has 0 atom stereocenters. The number of amides is 1. The Bertz CT molecular complexity index is 1710. The zero-order valence-electron chi connectivity index (χ0n) is 19.8. The van der Waals surface area contributed by atoms with Crippen LogP contribution in [0.2, 0.25) is 0 Å². The molecule has 2 heterocycles. The summed E-state index contributed by atoms with van der Waals surface area (Å²) in [5.41, 5.74) is 9.32. The van der Waals surface area contributed by atoms with Crippen molar-refractivity contribution in [3.63, 3.8) is 0 Å². The van der Waals surface area contributed by atoms with Crippen LogP contribution >= 0.6 is 11.3 Å². The minimum Gasteiger partial charge on any atom is -0.383 e. The molecule has 4 N–H and O–H groups in total. The lowest BCUT2D eigenvalue weighted by Crippen LogP contribution is -2.24. The number of nitrogen functional groups attached to an aromatic ring is 1. The molecule has 5 aromatic rings. The molecule has 5 rings (SSSR count). The second-order valence-electron chi connectivity index (χ2n) is 8.41. The van der Waals surface area contributed by atoms with Gasteiger partial charge in [0.1, 0.15) is 12.1 Å². The van der Waals surface area contributed by atoms with E-state index in [-0.39, 0.29) is 12.1 Å². The van der Waals surface area contributed by atoms with Gasteiger partial charge in [-0.15, -0.1) is 11.3 Å². The monoisotopic (exact) mass is 526 g/mol. The molecule has 38 heavy (non-hydrogen) atoms. The fourth-order valence-corrected chi connectivity index (χ4v) is 4.87. The Balaban J connectivity index is 1.31. The fraction of sp³-hybridized carbons (Fsp3) is 0.0714. The number of carbonyl (C=O) groups is 1. The number of anilines is 2. The van der Waals surface area contributed by atoms with E-state index in [2.05, 4.69) is 20.6 Å². The number of aromatic nitrogens is 2. The zero-order valence-corrected chi connectivity index (χ0v) is 20.7. The summed E-state index contributed by atoms with van der Waals surface area (Å²) in [6.07, 6.45) is 1.44. The summed E-state index contributed by atoms with van der Waals surface area (Å²) in [6.45, 7) is 0.445. The molecule has 0 unspecified atom stereocenters. The molecule has 0 saturated heterocycles. The number of nitrogens with zero attached hydrogens (tertiary/aromatic N) is 3. The third-order valence-corrected chi connectivity index (χ3v) is 7.03. The highest BCUT2D eigenvalue weighted by molar-refractivity contribution is 7.15. The number of carbonyl (C=O) groups excluding carboxylic acids is 1. The first-order valence-corrected chi connectivity index (χ1v) is 12.3. The molecular formula is C28H20F2N6OS. The molecular weight excluding hydrogens is 506 g/mol. The van der Waals surface area contributed by atoms with Gasteiger partial charge in [-0.1, -0.05) is 12.1 Å². The van der Waals surface area contributed by atoms with E-state index in [4.69, 9.17) is 5.73 Å². The quantitative estimate of drug-likeness (QED) is 0.253. The minimum absolute atomic E-state index is 0.00184. The van der Waals surface area contributed by atoms with Crippen LogP contribution in [0.1, 0.15) is 26.4 Å². The van der Waals surface area contributed by atoms with Crippen molar-refractivity contribution in [2.75, 3.05) is 11.1 Å². The maximum atomic E-state index is 13.5. The maximum absolute atomic E-state index is 13.5. The number of halogens is 2. The smallest absolute Gasteiger partial charge is 0.253 e. The predicted molar refractivity (Wildman–Crippen MR) is 143 cm³/mol. The van der Waals surface area contributed by atoms with Gasteiger partial charge in [0.2, 0.25) is 0 Å². The lowest BCUT2D eigenvalue weighted by molar-refractivity contribution is 0.0951. The number of hydrogen-bond donors (Lipinski definition) is 3. The number of nitrogens with one attached hydrogen (secondary N) is 2. The van der Waals surface area contributed by atoms with Crippen molar-refractivity contribution in [3.8, 4) is 16.5 Å². The normalized spacial score (nSPS) is 10.8. The second-order valence-corrected chi connectivity index (χ2v) is 9.58. The standard InChI is InChI=1S/C28H20F2N6OS/c29-22-5-1-17(10-23(22)30)13-34-28(37)21-9-16(12-31)2-6-25(21)33-14-19-4-8-26(38-19)18-3-7-24-20(11-18)27(32)36-15-35-24/h1-11,15,33H,13-14H2,(H,34,37)(H2,32,35,36). The molecule has 2 aromatic heterocycles. The summed E-state index contributed by atoms with van der Waals surface area (Å²) in [5, 5.41) is 16.1. The summed E-state index contributed by atoms with van der Waals surface area (Å²) in [5.74, 6) is -1.96. The highest BCUT2D eigenvalue weighted by atomic mass is 32.1. The Morgan fingerprint density at radius 3 is 2.66 bits per heavy atom. The Morgan fingerprint density at radius 1 is 0.974 bits per heavy atom. The first-order valence-electron chi connectivity index (χ1n) is 11.5. The van der Waals surface area contributed by atoms with Gasteiger partial charge in [-0.2, -0.15) is 5.26 Å². The van der Waals surface area contributed by atoms with Crippen LogP contribution in [0.4, 0.5) is 20.3 Å². The van der Waals surface area contributed by atoms with Crippen molar-refractivity contribution >= 4 is 39.7 Å². The molecule has 7 nitrogen and oxygen atoms in total. The summed E-state index contributed by atoms with van der Waals surface area (Å²) < 4.78 is 26.7. The van der Waals surface area contributed by atoms with Crippen LogP contribution in [0, 0.1) is 23.0 Å². The number of rotatable bonds is 7. The van der Waals surface area contributed by atoms with Gasteiger partial charge in [0.15, 0.2) is 11.6 Å². The number of hydrogen-bond acceptors (Lipinski definition) is 7. The van der Waals surface area contributed by atoms with Gasteiger partial charge in [-0.3, -0.25) is 4.79 Å². The molecule has 188 valence electrons. The largest absolute Gasteiger partial charge is 0.383 e. The number of benzene rings is 3. The molecule has 0 fully saturated rings. The molecule has 0 aliphatic heterocycles. The Labute approximate surface area is 220 Å². The van der Waals surface area contributed by atoms with Crippen molar-refractivity contribution in [2.24, 2.45) is 0 Å². The molecule has 0 aliphatic rings. The lowest BCUT2D eigenvalue weighted by Gasteiger charge is -2.13. The molecule has 0 bridgehead atoms. The van der Waals surface area contributed by atoms with Crippen LogP contribution in [-0.4, -0.2) is 15.9 Å². The zero-order chi connectivity index (χ0) is 26.6. The summed E-state index contributed by atoms with van der Waals surface area (Å²) in [6, 6.07) is 20.1. The van der Waals surface area contributed by atoms with Crippen molar-refractivity contribution in [1.29, 1.82) is 5.26 Å². The van der Waals surface area contributed by atoms with E-state index in [0.29, 0.717) is 29.2 Å². The van der Waals surface area contributed by atoms with E-state index in [0.717, 1.165) is 38.4 Å². The summed E-state index contributed by atoms with van der Waals surface area (Å²) in [7, 11) is 0. The summed E-state index contributed by atoms with van der Waals surface area (Å²) >= 11 is 1.59. The van der Waals surface area contributed by atoms with Crippen LogP contribution in [0.25, 0.3) is 21.3 Å². The average Bonchev–Trinajstić information content (AvgIpc) is 3.41. The van der Waals surface area contributed by atoms with Crippen LogP contribution in [-0.2, 0) is 13.1 Å².